The lowest BCUT2D eigenvalue weighted by molar-refractivity contribution is -0.121. The maximum atomic E-state index is 12.0. The molecule has 0 bridgehead atoms. The zero-order chi connectivity index (χ0) is 23.2. The minimum absolute atomic E-state index is 0.160. The molecule has 1 amide bonds. The molecule has 0 aliphatic carbocycles. The minimum atomic E-state index is -0.160. The van der Waals surface area contributed by atoms with Crippen LogP contribution in [-0.4, -0.2) is 32.4 Å². The number of benzene rings is 2. The second-order valence-electron chi connectivity index (χ2n) is 7.50. The molecule has 6 nitrogen and oxygen atoms in total. The maximum absolute atomic E-state index is 12.0. The number of nitrogens with zero attached hydrogens (tertiary/aromatic N) is 1. The van der Waals surface area contributed by atoms with Gasteiger partial charge in [0.2, 0.25) is 5.91 Å². The Hall–Kier alpha value is -2.54. The third-order valence-electron chi connectivity index (χ3n) is 4.74. The molecule has 0 spiro atoms. The summed E-state index contributed by atoms with van der Waals surface area (Å²) in [5, 5.41) is 4.03. The molecule has 0 aliphatic rings. The van der Waals surface area contributed by atoms with Crippen molar-refractivity contribution in [1.82, 2.24) is 5.43 Å². The quantitative estimate of drug-likeness (QED) is 0.193. The first-order valence-electron chi connectivity index (χ1n) is 11.0. The molecular formula is C25H33BrN2O4. The van der Waals surface area contributed by atoms with Crippen molar-refractivity contribution in [2.24, 2.45) is 5.10 Å². The summed E-state index contributed by atoms with van der Waals surface area (Å²) in [4.78, 5) is 12.0. The number of ether oxygens (including phenoxy) is 3. The number of hydrogen-bond acceptors (Lipinski definition) is 5. The molecule has 0 atom stereocenters. The molecule has 0 aromatic heterocycles. The summed E-state index contributed by atoms with van der Waals surface area (Å²) in [5.41, 5.74) is 4.52. The molecule has 0 saturated heterocycles. The van der Waals surface area contributed by atoms with Gasteiger partial charge in [-0.15, -0.1) is 0 Å². The van der Waals surface area contributed by atoms with E-state index >= 15 is 0 Å². The first-order valence-corrected chi connectivity index (χ1v) is 11.8. The van der Waals surface area contributed by atoms with Gasteiger partial charge in [0.05, 0.1) is 31.0 Å². The summed E-state index contributed by atoms with van der Waals surface area (Å²) in [7, 11) is 1.61. The Morgan fingerprint density at radius 2 is 1.75 bits per heavy atom. The Morgan fingerprint density at radius 1 is 1.00 bits per heavy atom. The van der Waals surface area contributed by atoms with E-state index in [1.54, 1.807) is 13.3 Å². The highest BCUT2D eigenvalue weighted by atomic mass is 79.9. The van der Waals surface area contributed by atoms with Crippen molar-refractivity contribution in [3.63, 3.8) is 0 Å². The second kappa shape index (κ2) is 14.5. The van der Waals surface area contributed by atoms with Crippen molar-refractivity contribution in [1.29, 1.82) is 0 Å². The normalized spacial score (nSPS) is 10.9. The number of nitrogens with one attached hydrogen (secondary N) is 1. The lowest BCUT2D eigenvalue weighted by Gasteiger charge is -2.11. The van der Waals surface area contributed by atoms with Gasteiger partial charge in [-0.05, 0) is 77.2 Å². The first kappa shape index (κ1) is 25.7. The van der Waals surface area contributed by atoms with E-state index in [0.29, 0.717) is 37.6 Å². The monoisotopic (exact) mass is 504 g/mol. The van der Waals surface area contributed by atoms with Gasteiger partial charge in [-0.2, -0.15) is 5.10 Å². The van der Waals surface area contributed by atoms with Crippen LogP contribution in [-0.2, 0) is 4.79 Å². The van der Waals surface area contributed by atoms with Crippen LogP contribution in [0.4, 0.5) is 0 Å². The van der Waals surface area contributed by atoms with E-state index < -0.39 is 0 Å². The number of hydrogen-bond donors (Lipinski definition) is 1. The zero-order valence-corrected chi connectivity index (χ0v) is 20.7. The highest BCUT2D eigenvalue weighted by molar-refractivity contribution is 9.10. The van der Waals surface area contributed by atoms with Crippen LogP contribution in [0.1, 0.15) is 56.6 Å². The fourth-order valence-electron chi connectivity index (χ4n) is 2.97. The molecular weight excluding hydrogens is 472 g/mol. The summed E-state index contributed by atoms with van der Waals surface area (Å²) in [5.74, 6) is 1.98. The van der Waals surface area contributed by atoms with Crippen LogP contribution in [0.25, 0.3) is 0 Å². The van der Waals surface area contributed by atoms with E-state index in [0.717, 1.165) is 27.8 Å². The fraction of sp³-hybridized carbons (Fsp3) is 0.440. The Balaban J connectivity index is 1.72. The highest BCUT2D eigenvalue weighted by Gasteiger charge is 2.06. The van der Waals surface area contributed by atoms with Gasteiger partial charge in [-0.25, -0.2) is 5.43 Å². The van der Waals surface area contributed by atoms with Gasteiger partial charge in [-0.1, -0.05) is 32.3 Å². The van der Waals surface area contributed by atoms with Gasteiger partial charge in [-0.3, -0.25) is 4.79 Å². The average Bonchev–Trinajstić information content (AvgIpc) is 2.78. The molecule has 0 fully saturated rings. The van der Waals surface area contributed by atoms with Crippen LogP contribution in [0.5, 0.6) is 17.2 Å². The summed E-state index contributed by atoms with van der Waals surface area (Å²) in [6.45, 7) is 5.33. The van der Waals surface area contributed by atoms with E-state index in [4.69, 9.17) is 14.2 Å². The van der Waals surface area contributed by atoms with Crippen molar-refractivity contribution < 1.29 is 19.0 Å². The van der Waals surface area contributed by atoms with Crippen molar-refractivity contribution in [3.05, 3.63) is 52.0 Å². The van der Waals surface area contributed by atoms with Crippen molar-refractivity contribution in [2.75, 3.05) is 20.3 Å². The van der Waals surface area contributed by atoms with E-state index in [-0.39, 0.29) is 5.91 Å². The molecule has 0 heterocycles. The SMILES string of the molecule is CCCCCCOc1ccc(/C=N/NC(=O)CCCOc2ccc(C)cc2Br)cc1OC. The summed E-state index contributed by atoms with van der Waals surface area (Å²) >= 11 is 3.48. The molecule has 1 N–H and O–H groups in total. The zero-order valence-electron chi connectivity index (χ0n) is 19.2. The molecule has 32 heavy (non-hydrogen) atoms. The van der Waals surface area contributed by atoms with Crippen LogP contribution in [0.2, 0.25) is 0 Å². The number of unbranched alkanes of at least 4 members (excludes halogenated alkanes) is 3. The minimum Gasteiger partial charge on any atom is -0.493 e. The standard InChI is InChI=1S/C25H33BrN2O4/c1-4-5-6-7-14-32-23-13-11-20(17-24(23)30-3)18-27-28-25(29)9-8-15-31-22-12-10-19(2)16-21(22)26/h10-13,16-18H,4-9,14-15H2,1-3H3,(H,28,29)/b27-18+. The molecule has 7 heteroatoms. The van der Waals surface area contributed by atoms with E-state index in [9.17, 15) is 4.79 Å². The van der Waals surface area contributed by atoms with Gasteiger partial charge in [0.1, 0.15) is 5.75 Å². The molecule has 174 valence electrons. The molecule has 0 unspecified atom stereocenters. The van der Waals surface area contributed by atoms with Crippen LogP contribution in [0, 0.1) is 6.92 Å². The van der Waals surface area contributed by atoms with E-state index in [2.05, 4.69) is 33.4 Å². The lowest BCUT2D eigenvalue weighted by atomic mass is 10.2. The number of rotatable bonds is 14. The second-order valence-corrected chi connectivity index (χ2v) is 8.35. The van der Waals surface area contributed by atoms with Crippen molar-refractivity contribution >= 4 is 28.1 Å². The summed E-state index contributed by atoms with van der Waals surface area (Å²) in [6, 6.07) is 11.5. The third kappa shape index (κ3) is 9.30. The maximum Gasteiger partial charge on any atom is 0.240 e. The Bertz CT molecular complexity index is 886. The van der Waals surface area contributed by atoms with Gasteiger partial charge in [0, 0.05) is 6.42 Å². The molecule has 2 rings (SSSR count). The smallest absolute Gasteiger partial charge is 0.240 e. The highest BCUT2D eigenvalue weighted by Crippen LogP contribution is 2.28. The molecule has 0 radical (unpaired) electrons. The van der Waals surface area contributed by atoms with Crippen LogP contribution in [0.15, 0.2) is 46.0 Å². The number of hydrazone groups is 1. The average molecular weight is 505 g/mol. The lowest BCUT2D eigenvalue weighted by Crippen LogP contribution is -2.18. The molecule has 2 aromatic carbocycles. The van der Waals surface area contributed by atoms with Crippen molar-refractivity contribution in [3.8, 4) is 17.2 Å². The Morgan fingerprint density at radius 3 is 2.50 bits per heavy atom. The third-order valence-corrected chi connectivity index (χ3v) is 5.36. The van der Waals surface area contributed by atoms with Crippen LogP contribution in [0.3, 0.4) is 0 Å². The predicted octanol–water partition coefficient (Wildman–Crippen LogP) is 6.03. The van der Waals surface area contributed by atoms with Gasteiger partial charge in [0.25, 0.3) is 0 Å². The fourth-order valence-corrected chi connectivity index (χ4v) is 3.57. The molecule has 0 aliphatic heterocycles. The van der Waals surface area contributed by atoms with Crippen LogP contribution >= 0.6 is 15.9 Å². The number of amides is 1. The Kier molecular flexibility index (Phi) is 11.7. The van der Waals surface area contributed by atoms with E-state index in [1.165, 1.54) is 19.3 Å². The van der Waals surface area contributed by atoms with Crippen molar-refractivity contribution in [2.45, 2.75) is 52.4 Å². The molecule has 0 saturated carbocycles. The van der Waals surface area contributed by atoms with Crippen LogP contribution < -0.4 is 19.6 Å². The molecule has 2 aromatic rings. The van der Waals surface area contributed by atoms with Gasteiger partial charge in [0.15, 0.2) is 11.5 Å². The predicted molar refractivity (Wildman–Crippen MR) is 132 cm³/mol. The number of methoxy groups -OCH3 is 1. The number of aryl methyl sites for hydroxylation is 1. The topological polar surface area (TPSA) is 69.2 Å². The van der Waals surface area contributed by atoms with E-state index in [1.807, 2.05) is 43.3 Å². The van der Waals surface area contributed by atoms with Gasteiger partial charge >= 0.3 is 0 Å². The summed E-state index contributed by atoms with van der Waals surface area (Å²) < 4.78 is 17.9. The Labute approximate surface area is 199 Å². The largest absolute Gasteiger partial charge is 0.493 e. The number of carbonyl (C=O) groups excluding carboxylic acids is 1. The number of carbonyl (C=O) groups is 1. The van der Waals surface area contributed by atoms with Gasteiger partial charge < -0.3 is 14.2 Å². The summed E-state index contributed by atoms with van der Waals surface area (Å²) in [6.07, 6.45) is 7.13. The number of halogens is 1. The first-order chi connectivity index (χ1) is 15.5.